The van der Waals surface area contributed by atoms with Crippen molar-refractivity contribution in [3.8, 4) is 0 Å². The normalized spacial score (nSPS) is 25.4. The predicted octanol–water partition coefficient (Wildman–Crippen LogP) is 3.27. The maximum Gasteiger partial charge on any atom is 0.0985 e. The first kappa shape index (κ1) is 10.5. The Morgan fingerprint density at radius 1 is 1.44 bits per heavy atom. The molecule has 2 nitrogen and oxygen atoms in total. The van der Waals surface area contributed by atoms with Gasteiger partial charge in [0.1, 0.15) is 0 Å². The number of aromatic nitrogens is 1. The molecule has 0 radical (unpaired) electrons. The first-order chi connectivity index (χ1) is 7.74. The van der Waals surface area contributed by atoms with Crippen molar-refractivity contribution < 1.29 is 0 Å². The molecular formula is C12H13ClN2S. The van der Waals surface area contributed by atoms with E-state index in [1.165, 1.54) is 9.71 Å². The van der Waals surface area contributed by atoms with E-state index in [9.17, 15) is 0 Å². The molecule has 2 aromatic rings. The molecule has 1 saturated heterocycles. The molecule has 2 atom stereocenters. The van der Waals surface area contributed by atoms with Gasteiger partial charge in [-0.3, -0.25) is 0 Å². The second kappa shape index (κ2) is 3.99. The summed E-state index contributed by atoms with van der Waals surface area (Å²) in [5.74, 6) is 1.24. The van der Waals surface area contributed by atoms with Gasteiger partial charge in [0.2, 0.25) is 0 Å². The van der Waals surface area contributed by atoms with Crippen LogP contribution in [0, 0.1) is 5.92 Å². The minimum atomic E-state index is 0.566. The van der Waals surface area contributed by atoms with Crippen LogP contribution in [0.2, 0.25) is 5.02 Å². The Morgan fingerprint density at radius 3 is 3.06 bits per heavy atom. The van der Waals surface area contributed by atoms with Crippen molar-refractivity contribution in [3.05, 3.63) is 28.2 Å². The fourth-order valence-corrected chi connectivity index (χ4v) is 3.69. The van der Waals surface area contributed by atoms with Gasteiger partial charge in [-0.05, 0) is 30.7 Å². The molecule has 1 aliphatic rings. The van der Waals surface area contributed by atoms with Gasteiger partial charge in [-0.25, -0.2) is 4.98 Å². The third-order valence-electron chi connectivity index (χ3n) is 3.20. The number of hydrogen-bond acceptors (Lipinski definition) is 3. The van der Waals surface area contributed by atoms with E-state index in [-0.39, 0.29) is 0 Å². The van der Waals surface area contributed by atoms with Crippen LogP contribution in [0.3, 0.4) is 0 Å². The molecule has 2 heterocycles. The van der Waals surface area contributed by atoms with Gasteiger partial charge in [-0.15, -0.1) is 11.3 Å². The van der Waals surface area contributed by atoms with Crippen molar-refractivity contribution in [2.45, 2.75) is 12.8 Å². The van der Waals surface area contributed by atoms with Crippen LogP contribution in [0.4, 0.5) is 0 Å². The molecule has 1 aromatic heterocycles. The van der Waals surface area contributed by atoms with Crippen molar-refractivity contribution in [3.63, 3.8) is 0 Å². The molecule has 1 fully saturated rings. The summed E-state index contributed by atoms with van der Waals surface area (Å²) in [6.07, 6.45) is 0. The quantitative estimate of drug-likeness (QED) is 0.843. The number of fused-ring (bicyclic) bond motifs is 1. The Labute approximate surface area is 104 Å². The van der Waals surface area contributed by atoms with E-state index in [1.807, 2.05) is 18.2 Å². The number of nitrogens with zero attached hydrogens (tertiary/aromatic N) is 1. The zero-order valence-electron chi connectivity index (χ0n) is 9.03. The lowest BCUT2D eigenvalue weighted by atomic mass is 9.99. The van der Waals surface area contributed by atoms with Crippen molar-refractivity contribution in [2.24, 2.45) is 5.92 Å². The zero-order valence-corrected chi connectivity index (χ0v) is 10.6. The maximum atomic E-state index is 5.98. The third kappa shape index (κ3) is 1.73. The average molecular weight is 253 g/mol. The summed E-state index contributed by atoms with van der Waals surface area (Å²) < 4.78 is 1.20. The summed E-state index contributed by atoms with van der Waals surface area (Å²) in [5, 5.41) is 5.45. The highest BCUT2D eigenvalue weighted by Crippen LogP contribution is 2.34. The smallest absolute Gasteiger partial charge is 0.0985 e. The summed E-state index contributed by atoms with van der Waals surface area (Å²) in [4.78, 5) is 4.71. The number of hydrogen-bond donors (Lipinski definition) is 1. The first-order valence-corrected chi connectivity index (χ1v) is 6.70. The van der Waals surface area contributed by atoms with Crippen LogP contribution in [0.25, 0.3) is 10.2 Å². The Morgan fingerprint density at radius 2 is 2.31 bits per heavy atom. The van der Waals surface area contributed by atoms with E-state index in [0.29, 0.717) is 11.8 Å². The average Bonchev–Trinajstić information content (AvgIpc) is 2.82. The lowest BCUT2D eigenvalue weighted by molar-refractivity contribution is 0.570. The van der Waals surface area contributed by atoms with Crippen LogP contribution >= 0.6 is 22.9 Å². The molecule has 0 unspecified atom stereocenters. The van der Waals surface area contributed by atoms with Gasteiger partial charge in [-0.1, -0.05) is 18.5 Å². The fourth-order valence-electron chi connectivity index (χ4n) is 2.22. The Bertz CT molecular complexity index is 523. The molecule has 84 valence electrons. The molecule has 0 amide bonds. The Hall–Kier alpha value is -0.640. The van der Waals surface area contributed by atoms with Crippen molar-refractivity contribution in [1.82, 2.24) is 10.3 Å². The molecule has 1 aromatic carbocycles. The van der Waals surface area contributed by atoms with E-state index in [2.05, 4.69) is 12.2 Å². The van der Waals surface area contributed by atoms with Gasteiger partial charge in [0.25, 0.3) is 0 Å². The Kier molecular flexibility index (Phi) is 2.62. The van der Waals surface area contributed by atoms with E-state index in [1.54, 1.807) is 11.3 Å². The lowest BCUT2D eigenvalue weighted by Gasteiger charge is -2.09. The molecule has 1 N–H and O–H groups in total. The van der Waals surface area contributed by atoms with Gasteiger partial charge in [0, 0.05) is 17.5 Å². The highest BCUT2D eigenvalue weighted by molar-refractivity contribution is 7.18. The minimum Gasteiger partial charge on any atom is -0.316 e. The van der Waals surface area contributed by atoms with E-state index < -0.39 is 0 Å². The molecular weight excluding hydrogens is 240 g/mol. The second-order valence-corrected chi connectivity index (χ2v) is 5.90. The van der Waals surface area contributed by atoms with Gasteiger partial charge in [0.15, 0.2) is 0 Å². The topological polar surface area (TPSA) is 24.9 Å². The van der Waals surface area contributed by atoms with Gasteiger partial charge in [0.05, 0.1) is 15.2 Å². The van der Waals surface area contributed by atoms with Crippen LogP contribution < -0.4 is 5.32 Å². The van der Waals surface area contributed by atoms with Crippen molar-refractivity contribution in [2.75, 3.05) is 13.1 Å². The second-order valence-electron chi connectivity index (χ2n) is 4.41. The van der Waals surface area contributed by atoms with Crippen LogP contribution in [0.15, 0.2) is 18.2 Å². The number of nitrogens with one attached hydrogen (secondary N) is 1. The Balaban J connectivity index is 2.04. The fraction of sp³-hybridized carbons (Fsp3) is 0.417. The van der Waals surface area contributed by atoms with Gasteiger partial charge in [-0.2, -0.15) is 0 Å². The predicted molar refractivity (Wildman–Crippen MR) is 69.4 cm³/mol. The van der Waals surface area contributed by atoms with Crippen LogP contribution in [-0.4, -0.2) is 18.1 Å². The number of halogens is 1. The van der Waals surface area contributed by atoms with Crippen LogP contribution in [0.1, 0.15) is 17.8 Å². The molecule has 3 rings (SSSR count). The summed E-state index contributed by atoms with van der Waals surface area (Å²) >= 11 is 7.76. The monoisotopic (exact) mass is 252 g/mol. The molecule has 0 bridgehead atoms. The zero-order chi connectivity index (χ0) is 11.1. The van der Waals surface area contributed by atoms with Crippen molar-refractivity contribution >= 4 is 33.2 Å². The first-order valence-electron chi connectivity index (χ1n) is 5.51. The molecule has 0 aliphatic carbocycles. The summed E-state index contributed by atoms with van der Waals surface area (Å²) in [5.41, 5.74) is 1.07. The van der Waals surface area contributed by atoms with Crippen LogP contribution in [0.5, 0.6) is 0 Å². The van der Waals surface area contributed by atoms with E-state index in [0.717, 1.165) is 23.6 Å². The third-order valence-corrected chi connectivity index (χ3v) is 4.59. The molecule has 16 heavy (non-hydrogen) atoms. The molecule has 1 aliphatic heterocycles. The maximum absolute atomic E-state index is 5.98. The standard InChI is InChI=1S/C12H13ClN2S/c1-7-5-14-6-9(7)12-15-10-3-2-8(13)4-11(10)16-12/h2-4,7,9,14H,5-6H2,1H3/t7-,9-/m1/s1. The number of thiazole rings is 1. The summed E-state index contributed by atoms with van der Waals surface area (Å²) in [6.45, 7) is 4.43. The highest BCUT2D eigenvalue weighted by atomic mass is 35.5. The van der Waals surface area contributed by atoms with E-state index in [4.69, 9.17) is 16.6 Å². The number of rotatable bonds is 1. The summed E-state index contributed by atoms with van der Waals surface area (Å²) in [6, 6.07) is 5.92. The van der Waals surface area contributed by atoms with Crippen LogP contribution in [-0.2, 0) is 0 Å². The highest BCUT2D eigenvalue weighted by Gasteiger charge is 2.27. The van der Waals surface area contributed by atoms with Gasteiger partial charge < -0.3 is 5.32 Å². The lowest BCUT2D eigenvalue weighted by Crippen LogP contribution is -2.07. The molecule has 0 saturated carbocycles. The number of benzene rings is 1. The van der Waals surface area contributed by atoms with Gasteiger partial charge >= 0.3 is 0 Å². The van der Waals surface area contributed by atoms with E-state index >= 15 is 0 Å². The minimum absolute atomic E-state index is 0.566. The molecule has 0 spiro atoms. The van der Waals surface area contributed by atoms with Crippen molar-refractivity contribution in [1.29, 1.82) is 0 Å². The molecule has 4 heteroatoms. The summed E-state index contributed by atoms with van der Waals surface area (Å²) in [7, 11) is 0. The largest absolute Gasteiger partial charge is 0.316 e. The SMILES string of the molecule is C[C@@H]1CNC[C@H]1c1nc2ccc(Cl)cc2s1.